The summed E-state index contributed by atoms with van der Waals surface area (Å²) in [6, 6.07) is 0. The fourth-order valence-corrected chi connectivity index (χ4v) is 2.01. The number of hydrogen-bond donors (Lipinski definition) is 0. The summed E-state index contributed by atoms with van der Waals surface area (Å²) in [6.07, 6.45) is 1.86. The van der Waals surface area contributed by atoms with Crippen molar-refractivity contribution in [2.45, 2.75) is 6.17 Å². The number of amides is 2. The first-order chi connectivity index (χ1) is 6.35. The van der Waals surface area contributed by atoms with Gasteiger partial charge in [0.1, 0.15) is 6.17 Å². The largest absolute Gasteiger partial charge is 0.341 e. The van der Waals surface area contributed by atoms with Gasteiger partial charge in [-0.05, 0) is 0 Å². The van der Waals surface area contributed by atoms with Crippen LogP contribution in [0.5, 0.6) is 0 Å². The van der Waals surface area contributed by atoms with Crippen LogP contribution in [0.4, 0.5) is 0 Å². The maximum atomic E-state index is 10.6. The van der Waals surface area contributed by atoms with Crippen molar-refractivity contribution >= 4 is 12.8 Å². The topological polar surface area (TPSA) is 43.9 Å². The molecule has 0 spiro atoms. The molecule has 5 nitrogen and oxygen atoms in total. The minimum Gasteiger partial charge on any atom is -0.341 e. The van der Waals surface area contributed by atoms with Crippen molar-refractivity contribution < 1.29 is 9.59 Å². The van der Waals surface area contributed by atoms with E-state index in [1.165, 1.54) is 0 Å². The molecular weight excluding hydrogens is 170 g/mol. The van der Waals surface area contributed by atoms with Crippen molar-refractivity contribution in [2.75, 3.05) is 32.7 Å². The fourth-order valence-electron chi connectivity index (χ4n) is 2.01. The highest BCUT2D eigenvalue weighted by Crippen LogP contribution is 2.16. The summed E-state index contributed by atoms with van der Waals surface area (Å²) in [5.74, 6) is 0. The maximum Gasteiger partial charge on any atom is 0.211 e. The summed E-state index contributed by atoms with van der Waals surface area (Å²) in [6.45, 7) is 4.06. The Kier molecular flexibility index (Phi) is 2.18. The normalized spacial score (nSPS) is 28.8. The standard InChI is InChI=1S/C8H13N3O2/c12-6-9-1-2-10-3-4-11(7-13)8(10)5-9/h6-8H,1-5H2. The second kappa shape index (κ2) is 3.33. The minimum absolute atomic E-state index is 0.122. The summed E-state index contributed by atoms with van der Waals surface area (Å²) in [7, 11) is 0. The SMILES string of the molecule is O=CN1CCN2CCN(C=O)C2C1. The highest BCUT2D eigenvalue weighted by molar-refractivity contribution is 5.50. The third-order valence-electron chi connectivity index (χ3n) is 2.81. The molecule has 5 heteroatoms. The van der Waals surface area contributed by atoms with Crippen molar-refractivity contribution in [2.24, 2.45) is 0 Å². The molecule has 0 saturated carbocycles. The van der Waals surface area contributed by atoms with Gasteiger partial charge in [-0.25, -0.2) is 0 Å². The predicted molar refractivity (Wildman–Crippen MR) is 45.8 cm³/mol. The van der Waals surface area contributed by atoms with Gasteiger partial charge in [0.05, 0.1) is 6.54 Å². The van der Waals surface area contributed by atoms with Crippen LogP contribution in [0.1, 0.15) is 0 Å². The summed E-state index contributed by atoms with van der Waals surface area (Å²) in [4.78, 5) is 26.9. The molecule has 2 aliphatic rings. The van der Waals surface area contributed by atoms with Crippen LogP contribution in [0.25, 0.3) is 0 Å². The zero-order chi connectivity index (χ0) is 9.26. The summed E-state index contributed by atoms with van der Waals surface area (Å²) >= 11 is 0. The van der Waals surface area contributed by atoms with E-state index in [9.17, 15) is 9.59 Å². The second-order valence-corrected chi connectivity index (χ2v) is 3.46. The molecule has 2 fully saturated rings. The van der Waals surface area contributed by atoms with Crippen molar-refractivity contribution in [3.63, 3.8) is 0 Å². The predicted octanol–water partition coefficient (Wildman–Crippen LogP) is -1.44. The van der Waals surface area contributed by atoms with Crippen LogP contribution in [0.15, 0.2) is 0 Å². The van der Waals surface area contributed by atoms with E-state index in [0.717, 1.165) is 39.0 Å². The average molecular weight is 183 g/mol. The van der Waals surface area contributed by atoms with E-state index < -0.39 is 0 Å². The van der Waals surface area contributed by atoms with Crippen LogP contribution < -0.4 is 0 Å². The molecule has 1 atom stereocenters. The quantitative estimate of drug-likeness (QED) is 0.492. The van der Waals surface area contributed by atoms with Gasteiger partial charge in [-0.2, -0.15) is 0 Å². The molecule has 0 aliphatic carbocycles. The van der Waals surface area contributed by atoms with Gasteiger partial charge in [0.25, 0.3) is 0 Å². The van der Waals surface area contributed by atoms with Gasteiger partial charge in [-0.1, -0.05) is 0 Å². The molecule has 2 heterocycles. The molecule has 2 rings (SSSR count). The minimum atomic E-state index is 0.122. The number of hydrogen-bond acceptors (Lipinski definition) is 3. The molecule has 13 heavy (non-hydrogen) atoms. The van der Waals surface area contributed by atoms with Crippen LogP contribution in [0, 0.1) is 0 Å². The van der Waals surface area contributed by atoms with Gasteiger partial charge >= 0.3 is 0 Å². The number of carbonyl (C=O) groups excluding carboxylic acids is 2. The molecule has 0 N–H and O–H groups in total. The summed E-state index contributed by atoms with van der Waals surface area (Å²) < 4.78 is 0. The number of piperazine rings is 1. The molecule has 2 aliphatic heterocycles. The Balaban J connectivity index is 2.04. The van der Waals surface area contributed by atoms with Crippen LogP contribution in [0.2, 0.25) is 0 Å². The van der Waals surface area contributed by atoms with E-state index in [0.29, 0.717) is 6.54 Å². The molecule has 0 aromatic carbocycles. The molecule has 1 unspecified atom stereocenters. The number of rotatable bonds is 2. The molecular formula is C8H13N3O2. The van der Waals surface area contributed by atoms with Gasteiger partial charge < -0.3 is 9.80 Å². The first-order valence-electron chi connectivity index (χ1n) is 4.49. The van der Waals surface area contributed by atoms with Gasteiger partial charge in [0.15, 0.2) is 0 Å². The lowest BCUT2D eigenvalue weighted by molar-refractivity contribution is -0.127. The highest BCUT2D eigenvalue weighted by Gasteiger charge is 2.35. The van der Waals surface area contributed by atoms with Gasteiger partial charge in [-0.3, -0.25) is 14.5 Å². The lowest BCUT2D eigenvalue weighted by atomic mass is 10.3. The summed E-state index contributed by atoms with van der Waals surface area (Å²) in [5.41, 5.74) is 0. The third kappa shape index (κ3) is 1.39. The zero-order valence-electron chi connectivity index (χ0n) is 7.43. The van der Waals surface area contributed by atoms with E-state index >= 15 is 0 Å². The molecule has 0 bridgehead atoms. The third-order valence-corrected chi connectivity index (χ3v) is 2.81. The second-order valence-electron chi connectivity index (χ2n) is 3.46. The van der Waals surface area contributed by atoms with Gasteiger partial charge in [0.2, 0.25) is 12.8 Å². The van der Waals surface area contributed by atoms with E-state index in [-0.39, 0.29) is 6.17 Å². The lowest BCUT2D eigenvalue weighted by Gasteiger charge is -2.37. The van der Waals surface area contributed by atoms with Crippen molar-refractivity contribution in [3.05, 3.63) is 0 Å². The van der Waals surface area contributed by atoms with Gasteiger partial charge in [0, 0.05) is 26.2 Å². The van der Waals surface area contributed by atoms with Crippen LogP contribution in [-0.2, 0) is 9.59 Å². The molecule has 2 saturated heterocycles. The lowest BCUT2D eigenvalue weighted by Crippen LogP contribution is -2.53. The number of fused-ring (bicyclic) bond motifs is 1. The summed E-state index contributed by atoms with van der Waals surface area (Å²) in [5, 5.41) is 0. The van der Waals surface area contributed by atoms with E-state index in [1.54, 1.807) is 9.80 Å². The van der Waals surface area contributed by atoms with Gasteiger partial charge in [-0.15, -0.1) is 0 Å². The first-order valence-corrected chi connectivity index (χ1v) is 4.49. The van der Waals surface area contributed by atoms with E-state index in [1.807, 2.05) is 0 Å². The Bertz CT molecular complexity index is 221. The molecule has 0 radical (unpaired) electrons. The van der Waals surface area contributed by atoms with E-state index in [2.05, 4.69) is 4.90 Å². The first kappa shape index (κ1) is 8.50. The Morgan fingerprint density at radius 3 is 2.46 bits per heavy atom. The van der Waals surface area contributed by atoms with Crippen molar-refractivity contribution in [3.8, 4) is 0 Å². The zero-order valence-corrected chi connectivity index (χ0v) is 7.43. The smallest absolute Gasteiger partial charge is 0.211 e. The van der Waals surface area contributed by atoms with Crippen molar-refractivity contribution in [1.82, 2.24) is 14.7 Å². The van der Waals surface area contributed by atoms with Crippen LogP contribution >= 0.6 is 0 Å². The number of nitrogens with zero attached hydrogens (tertiary/aromatic N) is 3. The van der Waals surface area contributed by atoms with Crippen molar-refractivity contribution in [1.29, 1.82) is 0 Å². The fraction of sp³-hybridized carbons (Fsp3) is 0.750. The Morgan fingerprint density at radius 2 is 1.77 bits per heavy atom. The average Bonchev–Trinajstić information content (AvgIpc) is 2.59. The van der Waals surface area contributed by atoms with Crippen LogP contribution in [-0.4, -0.2) is 66.4 Å². The Labute approximate surface area is 76.9 Å². The monoisotopic (exact) mass is 183 g/mol. The van der Waals surface area contributed by atoms with E-state index in [4.69, 9.17) is 0 Å². The van der Waals surface area contributed by atoms with Crippen LogP contribution in [0.3, 0.4) is 0 Å². The number of carbonyl (C=O) groups is 2. The molecule has 0 aromatic heterocycles. The highest BCUT2D eigenvalue weighted by atomic mass is 16.1. The maximum absolute atomic E-state index is 10.6. The molecule has 72 valence electrons. The Morgan fingerprint density at radius 1 is 1.00 bits per heavy atom. The molecule has 0 aromatic rings. The molecule has 2 amide bonds. The Hall–Kier alpha value is -1.10.